The summed E-state index contributed by atoms with van der Waals surface area (Å²) in [6.45, 7) is 1.79. The molecule has 0 atom stereocenters. The number of nitrogens with zero attached hydrogens (tertiary/aromatic N) is 4. The van der Waals surface area contributed by atoms with Crippen LogP contribution in [0.25, 0.3) is 17.1 Å². The lowest BCUT2D eigenvalue weighted by Gasteiger charge is -2.10. The molecule has 7 nitrogen and oxygen atoms in total. The fourth-order valence-corrected chi connectivity index (χ4v) is 3.91. The van der Waals surface area contributed by atoms with Crippen LogP contribution < -0.4 is 5.32 Å². The molecule has 160 valence electrons. The van der Waals surface area contributed by atoms with Gasteiger partial charge in [0.1, 0.15) is 0 Å². The third-order valence-corrected chi connectivity index (χ3v) is 5.66. The number of carbonyl (C=O) groups excluding carboxylic acids is 2. The van der Waals surface area contributed by atoms with Gasteiger partial charge >= 0.3 is 0 Å². The molecule has 4 rings (SSSR count). The fourth-order valence-electron chi connectivity index (χ4n) is 3.06. The van der Waals surface area contributed by atoms with Crippen LogP contribution in [0.2, 0.25) is 0 Å². The van der Waals surface area contributed by atoms with Crippen molar-refractivity contribution in [2.45, 2.75) is 18.5 Å². The van der Waals surface area contributed by atoms with Crippen molar-refractivity contribution in [3.05, 3.63) is 84.7 Å². The van der Waals surface area contributed by atoms with E-state index in [-0.39, 0.29) is 17.4 Å². The third-order valence-electron chi connectivity index (χ3n) is 4.73. The summed E-state index contributed by atoms with van der Waals surface area (Å²) in [5.41, 5.74) is 3.05. The summed E-state index contributed by atoms with van der Waals surface area (Å²) in [5.74, 6) is 0.799. The van der Waals surface area contributed by atoms with Crippen molar-refractivity contribution in [3.8, 4) is 17.1 Å². The topological polar surface area (TPSA) is 89.8 Å². The zero-order valence-electron chi connectivity index (χ0n) is 17.4. The lowest BCUT2D eigenvalue weighted by Crippen LogP contribution is -2.10. The first-order valence-corrected chi connectivity index (χ1v) is 11.1. The third kappa shape index (κ3) is 4.92. The first kappa shape index (κ1) is 21.5. The van der Waals surface area contributed by atoms with Crippen molar-refractivity contribution in [2.75, 3.05) is 11.1 Å². The highest BCUT2D eigenvalue weighted by molar-refractivity contribution is 7.99. The molecule has 1 N–H and O–H groups in total. The molecule has 32 heavy (non-hydrogen) atoms. The smallest absolute Gasteiger partial charge is 0.224 e. The second-order valence-electron chi connectivity index (χ2n) is 6.90. The highest BCUT2D eigenvalue weighted by Crippen LogP contribution is 2.28. The molecule has 0 spiro atoms. The minimum Gasteiger partial charge on any atom is -0.326 e. The maximum absolute atomic E-state index is 12.8. The Morgan fingerprint density at radius 2 is 1.66 bits per heavy atom. The zero-order valence-corrected chi connectivity index (χ0v) is 18.2. The van der Waals surface area contributed by atoms with Crippen LogP contribution in [0, 0.1) is 0 Å². The van der Waals surface area contributed by atoms with E-state index in [0.29, 0.717) is 28.7 Å². The van der Waals surface area contributed by atoms with Crippen LogP contribution in [-0.4, -0.2) is 37.2 Å². The number of hydrogen-bond donors (Lipinski definition) is 1. The summed E-state index contributed by atoms with van der Waals surface area (Å²) < 4.78 is 1.94. The number of aromatic nitrogens is 4. The molecule has 1 amide bonds. The van der Waals surface area contributed by atoms with E-state index in [1.165, 1.54) is 11.8 Å². The van der Waals surface area contributed by atoms with Gasteiger partial charge in [-0.3, -0.25) is 19.1 Å². The number of hydrogen-bond acceptors (Lipinski definition) is 6. The molecule has 2 aromatic heterocycles. The predicted octanol–water partition coefficient (Wildman–Crippen LogP) is 4.65. The molecule has 2 heterocycles. The molecule has 0 saturated carbocycles. The fraction of sp³-hybridized carbons (Fsp3) is 0.125. The first-order valence-electron chi connectivity index (χ1n) is 10.1. The molecule has 0 bridgehead atoms. The van der Waals surface area contributed by atoms with E-state index < -0.39 is 0 Å². The number of anilines is 1. The largest absolute Gasteiger partial charge is 0.326 e. The van der Waals surface area contributed by atoms with Gasteiger partial charge in [0.15, 0.2) is 16.8 Å². The Kier molecular flexibility index (Phi) is 6.72. The Balaban J connectivity index is 1.54. The Hall–Kier alpha value is -3.78. The first-order chi connectivity index (χ1) is 15.7. The van der Waals surface area contributed by atoms with Gasteiger partial charge in [-0.05, 0) is 48.5 Å². The molecular weight excluding hydrogens is 422 g/mol. The second kappa shape index (κ2) is 10.0. The van der Waals surface area contributed by atoms with E-state index >= 15 is 0 Å². The molecule has 0 saturated heterocycles. The quantitative estimate of drug-likeness (QED) is 0.315. The van der Waals surface area contributed by atoms with Crippen molar-refractivity contribution in [1.29, 1.82) is 0 Å². The van der Waals surface area contributed by atoms with Gasteiger partial charge in [-0.1, -0.05) is 36.9 Å². The van der Waals surface area contributed by atoms with Gasteiger partial charge in [-0.15, -0.1) is 10.2 Å². The van der Waals surface area contributed by atoms with Crippen LogP contribution in [-0.2, 0) is 4.79 Å². The number of ketones is 1. The van der Waals surface area contributed by atoms with E-state index in [9.17, 15) is 9.59 Å². The van der Waals surface area contributed by atoms with E-state index in [1.807, 2.05) is 47.0 Å². The minimum absolute atomic E-state index is 0.0311. The number of para-hydroxylation sites is 1. The van der Waals surface area contributed by atoms with Gasteiger partial charge in [0.25, 0.3) is 0 Å². The highest BCUT2D eigenvalue weighted by atomic mass is 32.2. The van der Waals surface area contributed by atoms with E-state index in [2.05, 4.69) is 20.5 Å². The number of nitrogens with one attached hydrogen (secondary N) is 1. The average molecular weight is 444 g/mol. The molecule has 0 fully saturated rings. The summed E-state index contributed by atoms with van der Waals surface area (Å²) in [7, 11) is 0. The number of thioether (sulfide) groups is 1. The molecule has 8 heteroatoms. The van der Waals surface area contributed by atoms with Gasteiger partial charge in [0, 0.05) is 41.3 Å². The minimum atomic E-state index is -0.0649. The van der Waals surface area contributed by atoms with Crippen molar-refractivity contribution in [1.82, 2.24) is 19.7 Å². The normalized spacial score (nSPS) is 10.7. The Morgan fingerprint density at radius 3 is 2.34 bits per heavy atom. The monoisotopic (exact) mass is 443 g/mol. The van der Waals surface area contributed by atoms with Crippen molar-refractivity contribution in [2.24, 2.45) is 0 Å². The molecule has 4 aromatic rings. The van der Waals surface area contributed by atoms with Crippen LogP contribution in [0.5, 0.6) is 0 Å². The number of carbonyl (C=O) groups is 2. The molecule has 0 radical (unpaired) electrons. The molecular formula is C24H21N5O2S. The summed E-state index contributed by atoms with van der Waals surface area (Å²) in [6.07, 6.45) is 3.82. The number of amides is 1. The Morgan fingerprint density at radius 1 is 0.938 bits per heavy atom. The standard InChI is InChI=1S/C24H21N5O2S/c1-2-22(31)26-19-10-8-17(9-11-19)21(30)16-32-24-28-27-23(18-12-14-25-15-13-18)29(24)20-6-4-3-5-7-20/h3-15H,2,16H2,1H3,(H,26,31). The molecule has 0 aliphatic heterocycles. The van der Waals surface area contributed by atoms with Gasteiger partial charge < -0.3 is 5.32 Å². The zero-order chi connectivity index (χ0) is 22.3. The average Bonchev–Trinajstić information content (AvgIpc) is 3.28. The van der Waals surface area contributed by atoms with Crippen molar-refractivity contribution >= 4 is 29.1 Å². The van der Waals surface area contributed by atoms with Crippen LogP contribution in [0.3, 0.4) is 0 Å². The summed E-state index contributed by atoms with van der Waals surface area (Å²) in [6, 6.07) is 20.5. The Bertz CT molecular complexity index is 1210. The summed E-state index contributed by atoms with van der Waals surface area (Å²) >= 11 is 1.33. The lowest BCUT2D eigenvalue weighted by molar-refractivity contribution is -0.115. The van der Waals surface area contributed by atoms with Crippen LogP contribution in [0.1, 0.15) is 23.7 Å². The van der Waals surface area contributed by atoms with E-state index in [0.717, 1.165) is 11.3 Å². The number of benzene rings is 2. The molecule has 0 aliphatic carbocycles. The van der Waals surface area contributed by atoms with Gasteiger partial charge in [-0.2, -0.15) is 0 Å². The number of Topliss-reactive ketones (excluding diaryl/α,β-unsaturated/α-hetero) is 1. The lowest BCUT2D eigenvalue weighted by atomic mass is 10.1. The SMILES string of the molecule is CCC(=O)Nc1ccc(C(=O)CSc2nnc(-c3ccncc3)n2-c2ccccc2)cc1. The maximum atomic E-state index is 12.8. The Labute approximate surface area is 189 Å². The molecule has 0 unspecified atom stereocenters. The van der Waals surface area contributed by atoms with Gasteiger partial charge in [0.05, 0.1) is 5.75 Å². The predicted molar refractivity (Wildman–Crippen MR) is 125 cm³/mol. The molecule has 2 aromatic carbocycles. The highest BCUT2D eigenvalue weighted by Gasteiger charge is 2.17. The number of pyridine rings is 1. The summed E-state index contributed by atoms with van der Waals surface area (Å²) in [5, 5.41) is 12.1. The van der Waals surface area contributed by atoms with Gasteiger partial charge in [-0.25, -0.2) is 0 Å². The van der Waals surface area contributed by atoms with Crippen molar-refractivity contribution < 1.29 is 9.59 Å². The van der Waals surface area contributed by atoms with Crippen LogP contribution in [0.4, 0.5) is 5.69 Å². The van der Waals surface area contributed by atoms with E-state index in [1.54, 1.807) is 43.6 Å². The summed E-state index contributed by atoms with van der Waals surface area (Å²) in [4.78, 5) is 28.3. The van der Waals surface area contributed by atoms with Crippen LogP contribution in [0.15, 0.2) is 84.3 Å². The maximum Gasteiger partial charge on any atom is 0.224 e. The second-order valence-corrected chi connectivity index (χ2v) is 7.85. The molecule has 0 aliphatic rings. The van der Waals surface area contributed by atoms with Gasteiger partial charge in [0.2, 0.25) is 5.91 Å². The van der Waals surface area contributed by atoms with Crippen molar-refractivity contribution in [3.63, 3.8) is 0 Å². The number of rotatable bonds is 8. The van der Waals surface area contributed by atoms with E-state index in [4.69, 9.17) is 0 Å². The van der Waals surface area contributed by atoms with Crippen LogP contribution >= 0.6 is 11.8 Å².